The molecule has 5 heteroatoms. The lowest BCUT2D eigenvalue weighted by atomic mass is 10.1. The third kappa shape index (κ3) is 5.17. The first kappa shape index (κ1) is 14.0. The van der Waals surface area contributed by atoms with Crippen molar-refractivity contribution in [2.75, 3.05) is 20.3 Å². The van der Waals surface area contributed by atoms with Gasteiger partial charge in [0.2, 0.25) is 5.91 Å². The molecule has 0 aromatic heterocycles. The summed E-state index contributed by atoms with van der Waals surface area (Å²) < 4.78 is 4.87. The third-order valence-electron chi connectivity index (χ3n) is 2.21. The fraction of sp³-hybridized carbons (Fsp3) is 0.417. The summed E-state index contributed by atoms with van der Waals surface area (Å²) in [5.74, 6) is -0.164. The molecule has 0 heterocycles. The molecule has 0 saturated carbocycles. The van der Waals surface area contributed by atoms with Crippen LogP contribution in [0.4, 0.5) is 0 Å². The van der Waals surface area contributed by atoms with Crippen molar-refractivity contribution in [2.24, 2.45) is 0 Å². The van der Waals surface area contributed by atoms with Gasteiger partial charge in [0, 0.05) is 12.1 Å². The van der Waals surface area contributed by atoms with Crippen LogP contribution >= 0.6 is 11.6 Å². The molecule has 0 radical (unpaired) electrons. The van der Waals surface area contributed by atoms with Crippen LogP contribution in [0.5, 0.6) is 0 Å². The number of carbonyl (C=O) groups excluding carboxylic acids is 1. The number of methoxy groups -OCH3 is 1. The Balaban J connectivity index is 2.49. The molecule has 1 atom stereocenters. The Morgan fingerprint density at radius 2 is 2.35 bits per heavy atom. The van der Waals surface area contributed by atoms with Crippen LogP contribution in [0.15, 0.2) is 24.3 Å². The molecule has 94 valence electrons. The monoisotopic (exact) mass is 257 g/mol. The van der Waals surface area contributed by atoms with Gasteiger partial charge in [-0.25, -0.2) is 0 Å². The Morgan fingerprint density at radius 3 is 2.94 bits per heavy atom. The minimum absolute atomic E-state index is 0.144. The molecule has 1 unspecified atom stereocenters. The summed E-state index contributed by atoms with van der Waals surface area (Å²) in [6, 6.07) is 6.75. The van der Waals surface area contributed by atoms with E-state index in [0.717, 1.165) is 5.56 Å². The van der Waals surface area contributed by atoms with Gasteiger partial charge in [-0.2, -0.15) is 0 Å². The van der Waals surface area contributed by atoms with Crippen LogP contribution in [-0.4, -0.2) is 37.4 Å². The Hall–Kier alpha value is -1.10. The summed E-state index contributed by atoms with van der Waals surface area (Å²) in [5.41, 5.74) is 0.837. The maximum atomic E-state index is 11.6. The predicted octanol–water partition coefficient (Wildman–Crippen LogP) is 1.01. The number of nitrogens with one attached hydrogen (secondary N) is 1. The lowest BCUT2D eigenvalue weighted by molar-refractivity contribution is -0.121. The standard InChI is InChI=1S/C12H16ClNO3/c1-17-8-11(7-15)14-12(16)6-9-3-2-4-10(13)5-9/h2-5,11,15H,6-8H2,1H3,(H,14,16). The van der Waals surface area contributed by atoms with Crippen molar-refractivity contribution < 1.29 is 14.6 Å². The van der Waals surface area contributed by atoms with Gasteiger partial charge in [0.1, 0.15) is 0 Å². The number of hydrogen-bond donors (Lipinski definition) is 2. The third-order valence-corrected chi connectivity index (χ3v) is 2.44. The second kappa shape index (κ2) is 7.27. The van der Waals surface area contributed by atoms with Crippen molar-refractivity contribution in [3.63, 3.8) is 0 Å². The second-order valence-corrected chi connectivity index (χ2v) is 4.15. The average Bonchev–Trinajstić information content (AvgIpc) is 2.28. The molecule has 0 aliphatic heterocycles. The first-order chi connectivity index (χ1) is 8.15. The number of carbonyl (C=O) groups is 1. The Morgan fingerprint density at radius 1 is 1.59 bits per heavy atom. The topological polar surface area (TPSA) is 58.6 Å². The summed E-state index contributed by atoms with van der Waals surface area (Å²) in [6.07, 6.45) is 0.237. The molecule has 0 aliphatic rings. The number of aliphatic hydroxyl groups is 1. The maximum Gasteiger partial charge on any atom is 0.224 e. The average molecular weight is 258 g/mol. The van der Waals surface area contributed by atoms with Gasteiger partial charge in [-0.15, -0.1) is 0 Å². The van der Waals surface area contributed by atoms with Gasteiger partial charge in [0.05, 0.1) is 25.7 Å². The number of benzene rings is 1. The number of rotatable bonds is 6. The van der Waals surface area contributed by atoms with E-state index in [1.165, 1.54) is 7.11 Å². The molecule has 0 bridgehead atoms. The van der Waals surface area contributed by atoms with E-state index in [1.807, 2.05) is 6.07 Å². The van der Waals surface area contributed by atoms with E-state index < -0.39 is 0 Å². The molecule has 0 spiro atoms. The molecule has 2 N–H and O–H groups in total. The fourth-order valence-electron chi connectivity index (χ4n) is 1.45. The van der Waals surface area contributed by atoms with Gasteiger partial charge in [-0.1, -0.05) is 23.7 Å². The molecule has 1 aromatic rings. The van der Waals surface area contributed by atoms with Crippen LogP contribution in [0.25, 0.3) is 0 Å². The Labute approximate surface area is 106 Å². The van der Waals surface area contributed by atoms with Crippen molar-refractivity contribution >= 4 is 17.5 Å². The normalized spacial score (nSPS) is 12.2. The number of ether oxygens (including phenoxy) is 1. The summed E-state index contributed by atoms with van der Waals surface area (Å²) in [5, 5.41) is 12.3. The van der Waals surface area contributed by atoms with Crippen LogP contribution in [0.3, 0.4) is 0 Å². The minimum Gasteiger partial charge on any atom is -0.394 e. The Kier molecular flexibility index (Phi) is 5.97. The fourth-order valence-corrected chi connectivity index (χ4v) is 1.67. The molecule has 0 fully saturated rings. The van der Waals surface area contributed by atoms with Gasteiger partial charge < -0.3 is 15.2 Å². The molecule has 1 rings (SSSR count). The molecular weight excluding hydrogens is 242 g/mol. The zero-order valence-corrected chi connectivity index (χ0v) is 10.4. The van der Waals surface area contributed by atoms with Gasteiger partial charge >= 0.3 is 0 Å². The molecule has 1 amide bonds. The quantitative estimate of drug-likeness (QED) is 0.800. The number of aliphatic hydroxyl groups excluding tert-OH is 1. The van der Waals surface area contributed by atoms with E-state index in [2.05, 4.69) is 5.32 Å². The zero-order chi connectivity index (χ0) is 12.7. The van der Waals surface area contributed by atoms with Gasteiger partial charge in [0.25, 0.3) is 0 Å². The van der Waals surface area contributed by atoms with Crippen LogP contribution in [-0.2, 0) is 16.0 Å². The van der Waals surface area contributed by atoms with E-state index >= 15 is 0 Å². The van der Waals surface area contributed by atoms with Crippen molar-refractivity contribution in [2.45, 2.75) is 12.5 Å². The number of halogens is 1. The van der Waals surface area contributed by atoms with E-state index in [0.29, 0.717) is 5.02 Å². The number of hydrogen-bond acceptors (Lipinski definition) is 3. The van der Waals surface area contributed by atoms with E-state index in [9.17, 15) is 4.79 Å². The van der Waals surface area contributed by atoms with Crippen molar-refractivity contribution in [3.05, 3.63) is 34.9 Å². The molecule has 1 aromatic carbocycles. The van der Waals surface area contributed by atoms with Crippen LogP contribution < -0.4 is 5.32 Å². The maximum absolute atomic E-state index is 11.6. The molecule has 4 nitrogen and oxygen atoms in total. The predicted molar refractivity (Wildman–Crippen MR) is 66.0 cm³/mol. The van der Waals surface area contributed by atoms with Crippen molar-refractivity contribution in [3.8, 4) is 0 Å². The van der Waals surface area contributed by atoms with Crippen molar-refractivity contribution in [1.82, 2.24) is 5.32 Å². The summed E-state index contributed by atoms with van der Waals surface area (Å²) in [4.78, 5) is 11.6. The van der Waals surface area contributed by atoms with E-state index in [4.69, 9.17) is 21.4 Å². The highest BCUT2D eigenvalue weighted by molar-refractivity contribution is 6.30. The SMILES string of the molecule is COCC(CO)NC(=O)Cc1cccc(Cl)c1. The minimum atomic E-state index is -0.369. The van der Waals surface area contributed by atoms with E-state index in [-0.39, 0.29) is 31.6 Å². The molecule has 17 heavy (non-hydrogen) atoms. The molecule has 0 saturated heterocycles. The largest absolute Gasteiger partial charge is 0.394 e. The first-order valence-corrected chi connectivity index (χ1v) is 5.67. The van der Waals surface area contributed by atoms with Gasteiger partial charge in [-0.05, 0) is 17.7 Å². The highest BCUT2D eigenvalue weighted by Crippen LogP contribution is 2.10. The lowest BCUT2D eigenvalue weighted by Gasteiger charge is -2.15. The molecule has 0 aliphatic carbocycles. The van der Waals surface area contributed by atoms with Gasteiger partial charge in [-0.3, -0.25) is 4.79 Å². The Bertz CT molecular complexity index is 371. The summed E-state index contributed by atoms with van der Waals surface area (Å²) in [7, 11) is 1.52. The van der Waals surface area contributed by atoms with E-state index in [1.54, 1.807) is 18.2 Å². The first-order valence-electron chi connectivity index (χ1n) is 5.29. The molecular formula is C12H16ClNO3. The zero-order valence-electron chi connectivity index (χ0n) is 9.65. The summed E-state index contributed by atoms with van der Waals surface area (Å²) >= 11 is 5.82. The smallest absolute Gasteiger partial charge is 0.224 e. The second-order valence-electron chi connectivity index (χ2n) is 3.71. The van der Waals surface area contributed by atoms with Crippen LogP contribution in [0.1, 0.15) is 5.56 Å². The van der Waals surface area contributed by atoms with Gasteiger partial charge in [0.15, 0.2) is 0 Å². The highest BCUT2D eigenvalue weighted by atomic mass is 35.5. The van der Waals surface area contributed by atoms with Crippen molar-refractivity contribution in [1.29, 1.82) is 0 Å². The van der Waals surface area contributed by atoms with Crippen LogP contribution in [0.2, 0.25) is 5.02 Å². The lowest BCUT2D eigenvalue weighted by Crippen LogP contribution is -2.41. The number of amides is 1. The highest BCUT2D eigenvalue weighted by Gasteiger charge is 2.11. The summed E-state index contributed by atoms with van der Waals surface area (Å²) in [6.45, 7) is 0.146. The van der Waals surface area contributed by atoms with Crippen LogP contribution in [0, 0.1) is 0 Å².